The van der Waals surface area contributed by atoms with Crippen molar-refractivity contribution in [1.82, 2.24) is 0 Å². The van der Waals surface area contributed by atoms with E-state index in [1.165, 1.54) is 16.7 Å². The molecule has 2 aromatic rings. The predicted octanol–water partition coefficient (Wildman–Crippen LogP) is 6.93. The lowest BCUT2D eigenvalue weighted by atomic mass is 9.86. The molecule has 0 amide bonds. The molecular formula is C23H30BrN. The smallest absolute Gasteiger partial charge is 0.0669 e. The second-order valence-electron chi connectivity index (χ2n) is 8.36. The maximum Gasteiger partial charge on any atom is 0.0669 e. The van der Waals surface area contributed by atoms with Crippen LogP contribution >= 0.6 is 15.9 Å². The Bertz CT molecular complexity index is 677. The molecule has 2 rings (SSSR count). The Morgan fingerprint density at radius 1 is 0.720 bits per heavy atom. The zero-order valence-corrected chi connectivity index (χ0v) is 17.9. The Balaban J connectivity index is 0.000000251. The van der Waals surface area contributed by atoms with Gasteiger partial charge in [0.15, 0.2) is 0 Å². The zero-order valence-electron chi connectivity index (χ0n) is 16.4. The van der Waals surface area contributed by atoms with Crippen LogP contribution in [0.15, 0.2) is 48.5 Å². The third-order valence-corrected chi connectivity index (χ3v) is 4.72. The molecule has 0 aliphatic rings. The van der Waals surface area contributed by atoms with Crippen LogP contribution in [-0.2, 0) is 22.6 Å². The van der Waals surface area contributed by atoms with Gasteiger partial charge < -0.3 is 0 Å². The molecule has 0 spiro atoms. The monoisotopic (exact) mass is 399 g/mol. The maximum atomic E-state index is 8.50. The van der Waals surface area contributed by atoms with Crippen molar-refractivity contribution in [3.63, 3.8) is 0 Å². The summed E-state index contributed by atoms with van der Waals surface area (Å²) in [6.45, 7) is 13.3. The van der Waals surface area contributed by atoms with Gasteiger partial charge in [-0.25, -0.2) is 0 Å². The molecule has 0 fully saturated rings. The fraction of sp³-hybridized carbons (Fsp3) is 0.435. The van der Waals surface area contributed by atoms with Crippen LogP contribution in [0, 0.1) is 11.3 Å². The fourth-order valence-corrected chi connectivity index (χ4v) is 2.68. The van der Waals surface area contributed by atoms with Gasteiger partial charge in [-0.1, -0.05) is 106 Å². The summed E-state index contributed by atoms with van der Waals surface area (Å²) in [6, 6.07) is 19.2. The average Bonchev–Trinajstić information content (AvgIpc) is 2.55. The van der Waals surface area contributed by atoms with E-state index in [0.717, 1.165) is 10.9 Å². The van der Waals surface area contributed by atoms with Crippen LogP contribution < -0.4 is 0 Å². The van der Waals surface area contributed by atoms with Crippen molar-refractivity contribution < 1.29 is 0 Å². The third-order valence-electron chi connectivity index (χ3n) is 4.08. The number of hydrogen-bond donors (Lipinski definition) is 0. The second-order valence-corrected chi connectivity index (χ2v) is 8.92. The summed E-state index contributed by atoms with van der Waals surface area (Å²) in [5, 5.41) is 9.44. The quantitative estimate of drug-likeness (QED) is 0.502. The summed E-state index contributed by atoms with van der Waals surface area (Å²) < 4.78 is 0. The van der Waals surface area contributed by atoms with E-state index in [1.807, 2.05) is 12.1 Å². The van der Waals surface area contributed by atoms with Gasteiger partial charge >= 0.3 is 0 Å². The Morgan fingerprint density at radius 2 is 1.08 bits per heavy atom. The molecule has 0 unspecified atom stereocenters. The van der Waals surface area contributed by atoms with Crippen molar-refractivity contribution in [3.05, 3.63) is 70.8 Å². The lowest BCUT2D eigenvalue weighted by Crippen LogP contribution is -2.10. The van der Waals surface area contributed by atoms with Crippen molar-refractivity contribution in [1.29, 1.82) is 5.26 Å². The molecule has 0 N–H and O–H groups in total. The van der Waals surface area contributed by atoms with E-state index >= 15 is 0 Å². The number of nitriles is 1. The molecule has 0 aliphatic carbocycles. The van der Waals surface area contributed by atoms with Gasteiger partial charge in [0.2, 0.25) is 0 Å². The highest BCUT2D eigenvalue weighted by Gasteiger charge is 2.13. The largest absolute Gasteiger partial charge is 0.198 e. The Hall–Kier alpha value is -1.59. The van der Waals surface area contributed by atoms with Gasteiger partial charge in [-0.3, -0.25) is 0 Å². The molecule has 0 radical (unpaired) electrons. The molecular weight excluding hydrogens is 370 g/mol. The average molecular weight is 400 g/mol. The number of nitrogens with zero attached hydrogens (tertiary/aromatic N) is 1. The molecule has 1 nitrogen and oxygen atoms in total. The van der Waals surface area contributed by atoms with Crippen LogP contribution in [0.5, 0.6) is 0 Å². The van der Waals surface area contributed by atoms with Crippen molar-refractivity contribution >= 4 is 15.9 Å². The molecule has 0 aromatic heterocycles. The van der Waals surface area contributed by atoms with Gasteiger partial charge in [0, 0.05) is 5.33 Å². The molecule has 2 aromatic carbocycles. The first-order chi connectivity index (χ1) is 11.6. The van der Waals surface area contributed by atoms with Gasteiger partial charge in [0.05, 0.1) is 12.5 Å². The summed E-state index contributed by atoms with van der Waals surface area (Å²) in [5.41, 5.74) is 5.61. The lowest BCUT2D eigenvalue weighted by Gasteiger charge is -2.18. The normalized spacial score (nSPS) is 11.3. The predicted molar refractivity (Wildman–Crippen MR) is 112 cm³/mol. The molecule has 0 bridgehead atoms. The summed E-state index contributed by atoms with van der Waals surface area (Å²) >= 11 is 3.43. The first kappa shape index (κ1) is 21.5. The number of alkyl halides is 1. The van der Waals surface area contributed by atoms with E-state index in [4.69, 9.17) is 5.26 Å². The SMILES string of the molecule is CC(C)(C)c1ccc(CBr)cc1.CC(C)(C)c1ccc(CC#N)cc1. The molecule has 0 saturated carbocycles. The van der Waals surface area contributed by atoms with E-state index < -0.39 is 0 Å². The molecule has 25 heavy (non-hydrogen) atoms. The fourth-order valence-electron chi connectivity index (χ4n) is 2.31. The molecule has 0 aliphatic heterocycles. The Kier molecular flexibility index (Phi) is 7.90. The molecule has 134 valence electrons. The zero-order chi connectivity index (χ0) is 19.1. The molecule has 0 atom stereocenters. The van der Waals surface area contributed by atoms with E-state index in [1.54, 1.807) is 0 Å². The minimum absolute atomic E-state index is 0.200. The van der Waals surface area contributed by atoms with Crippen molar-refractivity contribution in [2.24, 2.45) is 0 Å². The van der Waals surface area contributed by atoms with Crippen molar-refractivity contribution in [2.75, 3.05) is 0 Å². The highest BCUT2D eigenvalue weighted by Crippen LogP contribution is 2.23. The second kappa shape index (κ2) is 9.20. The minimum Gasteiger partial charge on any atom is -0.198 e. The highest BCUT2D eigenvalue weighted by atomic mass is 79.9. The summed E-state index contributed by atoms with van der Waals surface area (Å²) in [6.07, 6.45) is 0.504. The lowest BCUT2D eigenvalue weighted by molar-refractivity contribution is 0.590. The number of rotatable bonds is 2. The Labute approximate surface area is 162 Å². The van der Waals surface area contributed by atoms with Gasteiger partial charge in [0.25, 0.3) is 0 Å². The van der Waals surface area contributed by atoms with Crippen LogP contribution in [0.4, 0.5) is 0 Å². The van der Waals surface area contributed by atoms with Gasteiger partial charge in [-0.2, -0.15) is 5.26 Å². The maximum absolute atomic E-state index is 8.50. The summed E-state index contributed by atoms with van der Waals surface area (Å²) in [4.78, 5) is 0. The van der Waals surface area contributed by atoms with Crippen molar-refractivity contribution in [3.8, 4) is 6.07 Å². The Morgan fingerprint density at radius 3 is 1.36 bits per heavy atom. The number of benzene rings is 2. The summed E-state index contributed by atoms with van der Waals surface area (Å²) in [5.74, 6) is 0. The third kappa shape index (κ3) is 7.45. The van der Waals surface area contributed by atoms with Crippen LogP contribution in [-0.4, -0.2) is 0 Å². The van der Waals surface area contributed by atoms with Crippen molar-refractivity contribution in [2.45, 2.75) is 64.1 Å². The number of halogens is 1. The van der Waals surface area contributed by atoms with E-state index in [0.29, 0.717) is 6.42 Å². The molecule has 0 heterocycles. The first-order valence-corrected chi connectivity index (χ1v) is 9.82. The van der Waals surface area contributed by atoms with Crippen LogP contribution in [0.3, 0.4) is 0 Å². The topological polar surface area (TPSA) is 23.8 Å². The van der Waals surface area contributed by atoms with Gasteiger partial charge in [-0.15, -0.1) is 0 Å². The first-order valence-electron chi connectivity index (χ1n) is 8.69. The van der Waals surface area contributed by atoms with E-state index in [-0.39, 0.29) is 10.8 Å². The molecule has 0 saturated heterocycles. The number of hydrogen-bond acceptors (Lipinski definition) is 1. The molecule has 2 heteroatoms. The summed E-state index contributed by atoms with van der Waals surface area (Å²) in [7, 11) is 0. The van der Waals surface area contributed by atoms with Crippen LogP contribution in [0.1, 0.15) is 63.8 Å². The van der Waals surface area contributed by atoms with Gasteiger partial charge in [0.1, 0.15) is 0 Å². The van der Waals surface area contributed by atoms with E-state index in [9.17, 15) is 0 Å². The van der Waals surface area contributed by atoms with Gasteiger partial charge in [-0.05, 0) is 33.1 Å². The highest BCUT2D eigenvalue weighted by molar-refractivity contribution is 9.08. The van der Waals surface area contributed by atoms with E-state index in [2.05, 4.69) is 99.9 Å². The standard InChI is InChI=1S/C12H15N.C11H15Br/c1-12(2,3)11-6-4-10(5-7-11)8-9-13;1-11(2,3)10-6-4-9(8-12)5-7-10/h4-7H,8H2,1-3H3;4-7H,8H2,1-3H3. The van der Waals surface area contributed by atoms with Crippen LogP contribution in [0.2, 0.25) is 0 Å². The van der Waals surface area contributed by atoms with Crippen LogP contribution in [0.25, 0.3) is 0 Å². The minimum atomic E-state index is 0.200.